The minimum Gasteiger partial charge on any atom is -0.382 e. The summed E-state index contributed by atoms with van der Waals surface area (Å²) in [6, 6.07) is 6.01. The van der Waals surface area contributed by atoms with Gasteiger partial charge in [0.15, 0.2) is 0 Å². The van der Waals surface area contributed by atoms with Crippen molar-refractivity contribution in [3.8, 4) is 0 Å². The predicted octanol–water partition coefficient (Wildman–Crippen LogP) is 2.00. The second-order valence-corrected chi connectivity index (χ2v) is 5.95. The van der Waals surface area contributed by atoms with Crippen molar-refractivity contribution in [3.63, 3.8) is 0 Å². The van der Waals surface area contributed by atoms with Crippen LogP contribution in [0, 0.1) is 0 Å². The zero-order valence-corrected chi connectivity index (χ0v) is 13.9. The van der Waals surface area contributed by atoms with E-state index in [9.17, 15) is 9.59 Å². The quantitative estimate of drug-likeness (QED) is 0.767. The van der Waals surface area contributed by atoms with Gasteiger partial charge in [0.25, 0.3) is 0 Å². The lowest BCUT2D eigenvalue weighted by molar-refractivity contribution is -0.122. The molecule has 7 heteroatoms. The number of methoxy groups -OCH3 is 1. The molecule has 23 heavy (non-hydrogen) atoms. The van der Waals surface area contributed by atoms with E-state index in [1.165, 1.54) is 0 Å². The van der Waals surface area contributed by atoms with Crippen LogP contribution in [0.1, 0.15) is 30.9 Å². The number of hydrogen-bond donors (Lipinski definition) is 3. The first kappa shape index (κ1) is 17.6. The second-order valence-electron chi connectivity index (χ2n) is 5.52. The summed E-state index contributed by atoms with van der Waals surface area (Å²) in [7, 11) is 1.57. The van der Waals surface area contributed by atoms with Gasteiger partial charge in [0.05, 0.1) is 12.6 Å². The van der Waals surface area contributed by atoms with E-state index >= 15 is 0 Å². The summed E-state index contributed by atoms with van der Waals surface area (Å²) in [4.78, 5) is 24.1. The SMILES string of the molecule is COC[C@@H](NC(=O)N[C@@H]1CCCCNC1=O)c1ccc(Cl)cc1. The molecule has 1 fully saturated rings. The molecule has 0 aliphatic carbocycles. The molecular formula is C16H22ClN3O3. The lowest BCUT2D eigenvalue weighted by atomic mass is 10.1. The van der Waals surface area contributed by atoms with Crippen LogP contribution >= 0.6 is 11.6 Å². The summed E-state index contributed by atoms with van der Waals surface area (Å²) in [6.45, 7) is 0.988. The van der Waals surface area contributed by atoms with Crippen molar-refractivity contribution < 1.29 is 14.3 Å². The average molecular weight is 340 g/mol. The summed E-state index contributed by atoms with van der Waals surface area (Å²) in [6.07, 6.45) is 2.49. The van der Waals surface area contributed by atoms with E-state index in [0.29, 0.717) is 24.6 Å². The van der Waals surface area contributed by atoms with E-state index in [4.69, 9.17) is 16.3 Å². The van der Waals surface area contributed by atoms with Gasteiger partial charge < -0.3 is 20.7 Å². The predicted molar refractivity (Wildman–Crippen MR) is 88.4 cm³/mol. The number of carbonyl (C=O) groups is 2. The summed E-state index contributed by atoms with van der Waals surface area (Å²) >= 11 is 5.88. The van der Waals surface area contributed by atoms with Crippen molar-refractivity contribution >= 4 is 23.5 Å². The Morgan fingerprint density at radius 2 is 2.13 bits per heavy atom. The highest BCUT2D eigenvalue weighted by Crippen LogP contribution is 2.17. The Kier molecular flexibility index (Phi) is 6.67. The molecule has 1 aromatic carbocycles. The fourth-order valence-electron chi connectivity index (χ4n) is 2.52. The van der Waals surface area contributed by atoms with E-state index < -0.39 is 6.04 Å². The zero-order chi connectivity index (χ0) is 16.7. The van der Waals surface area contributed by atoms with Crippen molar-refractivity contribution in [1.29, 1.82) is 0 Å². The molecule has 126 valence electrons. The maximum atomic E-state index is 12.2. The fourth-order valence-corrected chi connectivity index (χ4v) is 2.64. The highest BCUT2D eigenvalue weighted by molar-refractivity contribution is 6.30. The number of amides is 3. The van der Waals surface area contributed by atoms with Gasteiger partial charge in [0.2, 0.25) is 5.91 Å². The molecule has 0 saturated carbocycles. The van der Waals surface area contributed by atoms with E-state index in [-0.39, 0.29) is 18.0 Å². The summed E-state index contributed by atoms with van der Waals surface area (Å²) in [5, 5.41) is 9.00. The maximum Gasteiger partial charge on any atom is 0.316 e. The van der Waals surface area contributed by atoms with Gasteiger partial charge in [-0.2, -0.15) is 0 Å². The number of carbonyl (C=O) groups excluding carboxylic acids is 2. The normalized spacial score (nSPS) is 19.4. The number of rotatable bonds is 5. The largest absolute Gasteiger partial charge is 0.382 e. The monoisotopic (exact) mass is 339 g/mol. The Bertz CT molecular complexity index is 536. The van der Waals surface area contributed by atoms with Crippen molar-refractivity contribution in [2.45, 2.75) is 31.3 Å². The molecule has 1 saturated heterocycles. The van der Waals surface area contributed by atoms with Crippen molar-refractivity contribution in [2.24, 2.45) is 0 Å². The number of halogens is 1. The minimum absolute atomic E-state index is 0.132. The Morgan fingerprint density at radius 1 is 1.39 bits per heavy atom. The molecule has 0 spiro atoms. The van der Waals surface area contributed by atoms with Gasteiger partial charge in [-0.25, -0.2) is 4.79 Å². The standard InChI is InChI=1S/C16H22ClN3O3/c1-23-10-14(11-5-7-12(17)8-6-11)20-16(22)19-13-4-2-3-9-18-15(13)21/h5-8,13-14H,2-4,9-10H2,1H3,(H,18,21)(H2,19,20,22)/t13-,14-/m1/s1. The molecular weight excluding hydrogens is 318 g/mol. The van der Waals surface area contributed by atoms with Crippen LogP contribution in [-0.4, -0.2) is 38.2 Å². The molecule has 3 amide bonds. The molecule has 1 aromatic rings. The Balaban J connectivity index is 1.97. The lowest BCUT2D eigenvalue weighted by Crippen LogP contribution is -2.50. The van der Waals surface area contributed by atoms with E-state index in [0.717, 1.165) is 18.4 Å². The Morgan fingerprint density at radius 3 is 2.83 bits per heavy atom. The first-order chi connectivity index (χ1) is 11.1. The molecule has 0 unspecified atom stereocenters. The van der Waals surface area contributed by atoms with Crippen molar-refractivity contribution in [2.75, 3.05) is 20.3 Å². The van der Waals surface area contributed by atoms with Gasteiger partial charge >= 0.3 is 6.03 Å². The zero-order valence-electron chi connectivity index (χ0n) is 13.1. The van der Waals surface area contributed by atoms with Crippen LogP contribution in [0.25, 0.3) is 0 Å². The van der Waals surface area contributed by atoms with Crippen molar-refractivity contribution in [3.05, 3.63) is 34.9 Å². The minimum atomic E-state index is -0.495. The first-order valence-electron chi connectivity index (χ1n) is 7.69. The maximum absolute atomic E-state index is 12.2. The van der Waals surface area contributed by atoms with Crippen LogP contribution in [0.15, 0.2) is 24.3 Å². The lowest BCUT2D eigenvalue weighted by Gasteiger charge is -2.21. The number of benzene rings is 1. The van der Waals surface area contributed by atoms with Crippen LogP contribution < -0.4 is 16.0 Å². The van der Waals surface area contributed by atoms with E-state index in [1.54, 1.807) is 19.2 Å². The molecule has 3 N–H and O–H groups in total. The molecule has 1 aliphatic heterocycles. The average Bonchev–Trinajstić information content (AvgIpc) is 2.73. The molecule has 2 rings (SSSR count). The molecule has 0 bridgehead atoms. The Hall–Kier alpha value is -1.79. The third-order valence-electron chi connectivity index (χ3n) is 3.75. The van der Waals surface area contributed by atoms with Gasteiger partial charge in [0.1, 0.15) is 6.04 Å². The van der Waals surface area contributed by atoms with E-state index in [1.807, 2.05) is 12.1 Å². The van der Waals surface area contributed by atoms with Crippen LogP contribution in [-0.2, 0) is 9.53 Å². The molecule has 2 atom stereocenters. The van der Waals surface area contributed by atoms with Crippen molar-refractivity contribution in [1.82, 2.24) is 16.0 Å². The van der Waals surface area contributed by atoms with Gasteiger partial charge in [-0.1, -0.05) is 23.7 Å². The smallest absolute Gasteiger partial charge is 0.316 e. The van der Waals surface area contributed by atoms with Crippen LogP contribution in [0.2, 0.25) is 5.02 Å². The first-order valence-corrected chi connectivity index (χ1v) is 8.07. The summed E-state index contributed by atoms with van der Waals surface area (Å²) in [5.74, 6) is -0.132. The second kappa shape index (κ2) is 8.74. The molecule has 1 aliphatic rings. The van der Waals surface area contributed by atoms with Crippen LogP contribution in [0.4, 0.5) is 4.79 Å². The highest BCUT2D eigenvalue weighted by atomic mass is 35.5. The highest BCUT2D eigenvalue weighted by Gasteiger charge is 2.23. The Labute approximate surface area is 140 Å². The third-order valence-corrected chi connectivity index (χ3v) is 4.00. The molecule has 0 radical (unpaired) electrons. The van der Waals surface area contributed by atoms with Gasteiger partial charge in [0, 0.05) is 18.7 Å². The molecule has 1 heterocycles. The van der Waals surface area contributed by atoms with E-state index in [2.05, 4.69) is 16.0 Å². The molecule has 6 nitrogen and oxygen atoms in total. The number of urea groups is 1. The molecule has 0 aromatic heterocycles. The van der Waals surface area contributed by atoms with Crippen LogP contribution in [0.5, 0.6) is 0 Å². The number of hydrogen-bond acceptors (Lipinski definition) is 3. The van der Waals surface area contributed by atoms with Gasteiger partial charge in [-0.05, 0) is 37.0 Å². The number of ether oxygens (including phenoxy) is 1. The van der Waals surface area contributed by atoms with Crippen LogP contribution in [0.3, 0.4) is 0 Å². The summed E-state index contributed by atoms with van der Waals surface area (Å²) < 4.78 is 5.17. The topological polar surface area (TPSA) is 79.5 Å². The number of nitrogens with one attached hydrogen (secondary N) is 3. The fraction of sp³-hybridized carbons (Fsp3) is 0.500. The summed E-state index contributed by atoms with van der Waals surface area (Å²) in [5.41, 5.74) is 0.886. The van der Waals surface area contributed by atoms with Gasteiger partial charge in [-0.3, -0.25) is 4.79 Å². The third kappa shape index (κ3) is 5.41. The van der Waals surface area contributed by atoms with Gasteiger partial charge in [-0.15, -0.1) is 0 Å².